The van der Waals surface area contributed by atoms with Gasteiger partial charge in [0, 0.05) is 25.0 Å². The minimum absolute atomic E-state index is 0.0377. The van der Waals surface area contributed by atoms with Crippen molar-refractivity contribution >= 4 is 17.6 Å². The van der Waals surface area contributed by atoms with E-state index in [1.165, 1.54) is 30.1 Å². The van der Waals surface area contributed by atoms with Gasteiger partial charge >= 0.3 is 5.97 Å². The molecule has 0 unspecified atom stereocenters. The zero-order valence-electron chi connectivity index (χ0n) is 13.9. The molecule has 0 aliphatic carbocycles. The third kappa shape index (κ3) is 5.96. The molecular formula is C16H22N2O6. The summed E-state index contributed by atoms with van der Waals surface area (Å²) in [6.07, 6.45) is 1.95. The molecule has 0 aromatic heterocycles. The fourth-order valence-electron chi connectivity index (χ4n) is 2.05. The molecule has 1 aromatic carbocycles. The van der Waals surface area contributed by atoms with Gasteiger partial charge in [-0.05, 0) is 24.1 Å². The molecule has 1 rings (SSSR count). The molecule has 132 valence electrons. The molecule has 0 saturated heterocycles. The molecule has 8 nitrogen and oxygen atoms in total. The van der Waals surface area contributed by atoms with Crippen LogP contribution in [-0.2, 0) is 16.0 Å². The van der Waals surface area contributed by atoms with Crippen LogP contribution in [0.4, 0.5) is 5.69 Å². The van der Waals surface area contributed by atoms with E-state index >= 15 is 0 Å². The molecule has 0 bridgehead atoms. The predicted molar refractivity (Wildman–Crippen MR) is 88.1 cm³/mol. The highest BCUT2D eigenvalue weighted by Crippen LogP contribution is 2.22. The van der Waals surface area contributed by atoms with E-state index in [4.69, 9.17) is 4.74 Å². The second kappa shape index (κ2) is 9.61. The number of amides is 1. The zero-order valence-corrected chi connectivity index (χ0v) is 13.9. The summed E-state index contributed by atoms with van der Waals surface area (Å²) in [7, 11) is 1.46. The molecule has 24 heavy (non-hydrogen) atoms. The van der Waals surface area contributed by atoms with Gasteiger partial charge in [0.1, 0.15) is 6.61 Å². The summed E-state index contributed by atoms with van der Waals surface area (Å²) in [5, 5.41) is 19.8. The minimum Gasteiger partial charge on any atom is -0.478 e. The van der Waals surface area contributed by atoms with Crippen LogP contribution < -0.4 is 4.90 Å². The number of anilines is 1. The highest BCUT2D eigenvalue weighted by molar-refractivity contribution is 6.02. The number of likely N-dealkylation sites (N-methyl/N-ethyl adjacent to an activating group) is 1. The Balaban J connectivity index is 2.91. The van der Waals surface area contributed by atoms with Crippen molar-refractivity contribution in [3.05, 3.63) is 39.4 Å². The Hall–Kier alpha value is -2.48. The van der Waals surface area contributed by atoms with Gasteiger partial charge in [0.2, 0.25) is 6.54 Å². The minimum atomic E-state index is -1.17. The SMILES string of the molecule is CCCCOCC(=O)N(C)c1cc(CC[N+](=O)[O-])ccc1C(=O)O. The van der Waals surface area contributed by atoms with E-state index in [-0.39, 0.29) is 36.7 Å². The van der Waals surface area contributed by atoms with Crippen LogP contribution in [0.3, 0.4) is 0 Å². The van der Waals surface area contributed by atoms with E-state index in [1.54, 1.807) is 0 Å². The summed E-state index contributed by atoms with van der Waals surface area (Å²) in [5.74, 6) is -1.54. The summed E-state index contributed by atoms with van der Waals surface area (Å²) in [4.78, 5) is 34.8. The zero-order chi connectivity index (χ0) is 18.1. The van der Waals surface area contributed by atoms with Crippen LogP contribution in [0.25, 0.3) is 0 Å². The lowest BCUT2D eigenvalue weighted by molar-refractivity contribution is -0.479. The van der Waals surface area contributed by atoms with Crippen molar-refractivity contribution in [2.75, 3.05) is 31.7 Å². The summed E-state index contributed by atoms with van der Waals surface area (Å²) in [6.45, 7) is 2.07. The van der Waals surface area contributed by atoms with Crippen molar-refractivity contribution in [1.82, 2.24) is 0 Å². The molecule has 0 atom stereocenters. The fourth-order valence-corrected chi connectivity index (χ4v) is 2.05. The number of unbranched alkanes of at least 4 members (excludes halogenated alkanes) is 1. The Morgan fingerprint density at radius 2 is 2.08 bits per heavy atom. The van der Waals surface area contributed by atoms with Crippen LogP contribution in [0.2, 0.25) is 0 Å². The van der Waals surface area contributed by atoms with Crippen molar-refractivity contribution in [2.45, 2.75) is 26.2 Å². The first-order chi connectivity index (χ1) is 11.4. The third-order valence-electron chi connectivity index (χ3n) is 3.48. The average Bonchev–Trinajstić information content (AvgIpc) is 2.55. The van der Waals surface area contributed by atoms with Gasteiger partial charge in [-0.1, -0.05) is 19.4 Å². The lowest BCUT2D eigenvalue weighted by Gasteiger charge is -2.20. The number of nitrogens with zero attached hydrogens (tertiary/aromatic N) is 2. The number of aromatic carboxylic acids is 1. The van der Waals surface area contributed by atoms with Crippen molar-refractivity contribution in [2.24, 2.45) is 0 Å². The number of carbonyl (C=O) groups is 2. The van der Waals surface area contributed by atoms with Gasteiger partial charge in [-0.25, -0.2) is 4.79 Å². The molecule has 0 saturated carbocycles. The molecule has 1 amide bonds. The van der Waals surface area contributed by atoms with Crippen LogP contribution in [0.5, 0.6) is 0 Å². The summed E-state index contributed by atoms with van der Waals surface area (Å²) in [6, 6.07) is 4.37. The van der Waals surface area contributed by atoms with Crippen LogP contribution in [0, 0.1) is 10.1 Å². The third-order valence-corrected chi connectivity index (χ3v) is 3.48. The fraction of sp³-hybridized carbons (Fsp3) is 0.500. The number of hydrogen-bond acceptors (Lipinski definition) is 5. The van der Waals surface area contributed by atoms with Gasteiger partial charge in [0.05, 0.1) is 11.3 Å². The molecule has 1 N–H and O–H groups in total. The number of carboxylic acids is 1. The van der Waals surface area contributed by atoms with E-state index in [9.17, 15) is 24.8 Å². The highest BCUT2D eigenvalue weighted by atomic mass is 16.6. The number of hydrogen-bond donors (Lipinski definition) is 1. The maximum atomic E-state index is 12.2. The number of rotatable bonds is 10. The van der Waals surface area contributed by atoms with E-state index < -0.39 is 10.9 Å². The number of ether oxygens (including phenoxy) is 1. The van der Waals surface area contributed by atoms with Crippen molar-refractivity contribution in [1.29, 1.82) is 0 Å². The number of nitro groups is 1. The number of carboxylic acid groups (broad SMARTS) is 1. The molecule has 0 radical (unpaired) electrons. The molecule has 0 fully saturated rings. The molecule has 0 aliphatic rings. The normalized spacial score (nSPS) is 10.4. The summed E-state index contributed by atoms with van der Waals surface area (Å²) >= 11 is 0. The molecule has 0 heterocycles. The lowest BCUT2D eigenvalue weighted by atomic mass is 10.1. The Labute approximate surface area is 140 Å². The second-order valence-electron chi connectivity index (χ2n) is 5.32. The van der Waals surface area contributed by atoms with Crippen LogP contribution >= 0.6 is 0 Å². The Morgan fingerprint density at radius 3 is 2.67 bits per heavy atom. The van der Waals surface area contributed by atoms with Gasteiger partial charge in [-0.2, -0.15) is 0 Å². The summed E-state index contributed by atoms with van der Waals surface area (Å²) < 4.78 is 5.26. The van der Waals surface area contributed by atoms with E-state index in [0.717, 1.165) is 12.8 Å². The second-order valence-corrected chi connectivity index (χ2v) is 5.32. The quantitative estimate of drug-likeness (QED) is 0.397. The monoisotopic (exact) mass is 338 g/mol. The smallest absolute Gasteiger partial charge is 0.337 e. The molecule has 0 aliphatic heterocycles. The largest absolute Gasteiger partial charge is 0.478 e. The van der Waals surface area contributed by atoms with Gasteiger partial charge in [-0.15, -0.1) is 0 Å². The molecular weight excluding hydrogens is 316 g/mol. The van der Waals surface area contributed by atoms with E-state index in [1.807, 2.05) is 6.92 Å². The maximum absolute atomic E-state index is 12.2. The maximum Gasteiger partial charge on any atom is 0.337 e. The first kappa shape index (κ1) is 19.6. The van der Waals surface area contributed by atoms with Crippen LogP contribution in [0.15, 0.2) is 18.2 Å². The number of benzene rings is 1. The molecule has 1 aromatic rings. The van der Waals surface area contributed by atoms with Crippen molar-refractivity contribution in [3.63, 3.8) is 0 Å². The van der Waals surface area contributed by atoms with Crippen LogP contribution in [-0.4, -0.2) is 48.7 Å². The Kier molecular flexibility index (Phi) is 7.84. The topological polar surface area (TPSA) is 110 Å². The first-order valence-corrected chi connectivity index (χ1v) is 7.69. The van der Waals surface area contributed by atoms with Gasteiger partial charge in [-0.3, -0.25) is 14.9 Å². The van der Waals surface area contributed by atoms with Gasteiger partial charge in [0.15, 0.2) is 0 Å². The Morgan fingerprint density at radius 1 is 1.38 bits per heavy atom. The molecule has 0 spiro atoms. The first-order valence-electron chi connectivity index (χ1n) is 7.69. The van der Waals surface area contributed by atoms with E-state index in [0.29, 0.717) is 12.2 Å². The number of carbonyl (C=O) groups excluding carboxylic acids is 1. The standard InChI is InChI=1S/C16H22N2O6/c1-3-4-9-24-11-15(19)17(2)14-10-12(7-8-18(22)23)5-6-13(14)16(20)21/h5-6,10H,3-4,7-9,11H2,1-2H3,(H,20,21). The van der Waals surface area contributed by atoms with Crippen LogP contribution in [0.1, 0.15) is 35.7 Å². The van der Waals surface area contributed by atoms with Crippen molar-refractivity contribution in [3.8, 4) is 0 Å². The Bertz CT molecular complexity index is 602. The molecule has 8 heteroatoms. The predicted octanol–water partition coefficient (Wildman–Crippen LogP) is 1.98. The van der Waals surface area contributed by atoms with Crippen molar-refractivity contribution < 1.29 is 24.4 Å². The van der Waals surface area contributed by atoms with Gasteiger partial charge < -0.3 is 14.7 Å². The summed E-state index contributed by atoms with van der Waals surface area (Å²) in [5.41, 5.74) is 0.759. The van der Waals surface area contributed by atoms with Gasteiger partial charge in [0.25, 0.3) is 5.91 Å². The highest BCUT2D eigenvalue weighted by Gasteiger charge is 2.19. The average molecular weight is 338 g/mol. The lowest BCUT2D eigenvalue weighted by Crippen LogP contribution is -2.31. The van der Waals surface area contributed by atoms with E-state index in [2.05, 4.69) is 0 Å².